The van der Waals surface area contributed by atoms with Gasteiger partial charge in [0.2, 0.25) is 0 Å². The Morgan fingerprint density at radius 3 is 3.00 bits per heavy atom. The van der Waals surface area contributed by atoms with Crippen LogP contribution in [0.4, 0.5) is 0 Å². The minimum Gasteiger partial charge on any atom is -0.496 e. The van der Waals surface area contributed by atoms with Gasteiger partial charge in [-0.25, -0.2) is 0 Å². The Morgan fingerprint density at radius 2 is 2.41 bits per heavy atom. The van der Waals surface area contributed by atoms with Crippen LogP contribution in [-0.4, -0.2) is 22.0 Å². The van der Waals surface area contributed by atoms with Crippen LogP contribution < -0.4 is 4.74 Å². The Morgan fingerprint density at radius 1 is 1.59 bits per heavy atom. The summed E-state index contributed by atoms with van der Waals surface area (Å²) in [5.41, 5.74) is 1.13. The van der Waals surface area contributed by atoms with Crippen molar-refractivity contribution in [3.8, 4) is 5.75 Å². The number of aliphatic hydroxyl groups is 1. The number of hydrogen-bond donors (Lipinski definition) is 1. The Bertz CT molecular complexity index is 478. The van der Waals surface area contributed by atoms with Crippen LogP contribution in [0.3, 0.4) is 0 Å². The molecule has 0 radical (unpaired) electrons. The molecule has 5 heteroatoms. The summed E-state index contributed by atoms with van der Waals surface area (Å²) in [7, 11) is 3.55. The fourth-order valence-corrected chi connectivity index (χ4v) is 2.57. The van der Waals surface area contributed by atoms with Crippen LogP contribution in [-0.2, 0) is 13.5 Å². The molecular formula is C12H16N2O2S. The highest BCUT2D eigenvalue weighted by molar-refractivity contribution is 7.10. The fraction of sp³-hybridized carbons (Fsp3) is 0.417. The molecular weight excluding hydrogens is 236 g/mol. The second-order valence-corrected chi connectivity index (χ2v) is 4.83. The van der Waals surface area contributed by atoms with E-state index in [2.05, 4.69) is 5.10 Å². The molecule has 0 fully saturated rings. The quantitative estimate of drug-likeness (QED) is 0.887. The maximum absolute atomic E-state index is 10.0. The molecule has 2 rings (SSSR count). The number of methoxy groups -OCH3 is 1. The number of nitrogens with zero attached hydrogens (tertiary/aromatic N) is 2. The van der Waals surface area contributed by atoms with E-state index in [1.807, 2.05) is 29.2 Å². The van der Waals surface area contributed by atoms with E-state index in [9.17, 15) is 5.11 Å². The van der Waals surface area contributed by atoms with Gasteiger partial charge in [0.05, 0.1) is 13.2 Å². The van der Waals surface area contributed by atoms with E-state index in [0.29, 0.717) is 6.42 Å². The molecule has 1 N–H and O–H groups in total. The first-order valence-electron chi connectivity index (χ1n) is 5.48. The Hall–Kier alpha value is -1.33. The van der Waals surface area contributed by atoms with Gasteiger partial charge in [0.1, 0.15) is 5.75 Å². The molecule has 2 aromatic heterocycles. The summed E-state index contributed by atoms with van der Waals surface area (Å²) in [6.07, 6.45) is 2.86. The number of ether oxygens (including phenoxy) is 1. The van der Waals surface area contributed by atoms with E-state index in [1.54, 1.807) is 13.3 Å². The van der Waals surface area contributed by atoms with Gasteiger partial charge in [0, 0.05) is 29.2 Å². The molecule has 17 heavy (non-hydrogen) atoms. The number of hydrogen-bond acceptors (Lipinski definition) is 4. The second kappa shape index (κ2) is 5.33. The molecule has 0 saturated carbocycles. The largest absolute Gasteiger partial charge is 0.496 e. The van der Waals surface area contributed by atoms with Gasteiger partial charge in [0.25, 0.3) is 0 Å². The highest BCUT2D eigenvalue weighted by Crippen LogP contribution is 2.29. The normalized spacial score (nSPS) is 12.6. The van der Waals surface area contributed by atoms with Crippen molar-refractivity contribution in [2.24, 2.45) is 7.05 Å². The topological polar surface area (TPSA) is 47.3 Å². The number of aromatic nitrogens is 2. The number of aliphatic hydroxyl groups excluding tert-OH is 1. The predicted molar refractivity (Wildman–Crippen MR) is 67.4 cm³/mol. The minimum absolute atomic E-state index is 0.432. The van der Waals surface area contributed by atoms with Crippen LogP contribution in [0.25, 0.3) is 0 Å². The first-order chi connectivity index (χ1) is 8.20. The lowest BCUT2D eigenvalue weighted by molar-refractivity contribution is 0.170. The molecule has 92 valence electrons. The summed E-state index contributed by atoms with van der Waals surface area (Å²) in [6.45, 7) is 0. The smallest absolute Gasteiger partial charge is 0.129 e. The van der Waals surface area contributed by atoms with Crippen molar-refractivity contribution < 1.29 is 9.84 Å². The lowest BCUT2D eigenvalue weighted by atomic mass is 10.1. The average molecular weight is 252 g/mol. The Kier molecular flexibility index (Phi) is 3.81. The first kappa shape index (κ1) is 12.1. The van der Waals surface area contributed by atoms with Crippen molar-refractivity contribution in [2.75, 3.05) is 7.11 Å². The van der Waals surface area contributed by atoms with Crippen LogP contribution in [0.15, 0.2) is 23.7 Å². The summed E-state index contributed by atoms with van der Waals surface area (Å²) in [5.74, 6) is 0.810. The molecule has 2 aromatic rings. The van der Waals surface area contributed by atoms with Gasteiger partial charge in [-0.15, -0.1) is 11.3 Å². The summed E-state index contributed by atoms with van der Waals surface area (Å²) in [4.78, 5) is 0.948. The molecule has 0 bridgehead atoms. The Labute approximate surface area is 104 Å². The van der Waals surface area contributed by atoms with E-state index in [1.165, 1.54) is 11.3 Å². The van der Waals surface area contributed by atoms with Gasteiger partial charge < -0.3 is 9.84 Å². The van der Waals surface area contributed by atoms with Crippen molar-refractivity contribution >= 4 is 11.3 Å². The fourth-order valence-electron chi connectivity index (χ4n) is 1.69. The molecule has 1 atom stereocenters. The average Bonchev–Trinajstić information content (AvgIpc) is 2.94. The zero-order valence-corrected chi connectivity index (χ0v) is 10.8. The van der Waals surface area contributed by atoms with Crippen LogP contribution in [0.1, 0.15) is 23.1 Å². The Balaban J connectivity index is 1.93. The lowest BCUT2D eigenvalue weighted by Gasteiger charge is -2.08. The van der Waals surface area contributed by atoms with Crippen molar-refractivity contribution in [3.63, 3.8) is 0 Å². The molecule has 0 aliphatic rings. The number of thiophene rings is 1. The molecule has 0 amide bonds. The van der Waals surface area contributed by atoms with Crippen molar-refractivity contribution in [2.45, 2.75) is 18.9 Å². The van der Waals surface area contributed by atoms with Gasteiger partial charge in [-0.1, -0.05) is 0 Å². The standard InChI is InChI=1S/C12H16N2O2S/c1-14-9(5-6-13-14)3-4-11(15)12-7-10(16-2)8-17-12/h5-8,11,15H,3-4H2,1-2H3. The van der Waals surface area contributed by atoms with Gasteiger partial charge in [-0.05, 0) is 25.0 Å². The molecule has 0 aliphatic heterocycles. The molecule has 2 heterocycles. The molecule has 0 spiro atoms. The summed E-state index contributed by atoms with van der Waals surface area (Å²) in [5, 5.41) is 16.1. The summed E-state index contributed by atoms with van der Waals surface area (Å²) >= 11 is 1.53. The third-order valence-electron chi connectivity index (χ3n) is 2.76. The summed E-state index contributed by atoms with van der Waals surface area (Å²) < 4.78 is 6.93. The van der Waals surface area contributed by atoms with E-state index in [4.69, 9.17) is 4.74 Å². The van der Waals surface area contributed by atoms with Gasteiger partial charge in [-0.2, -0.15) is 5.10 Å². The van der Waals surface area contributed by atoms with E-state index < -0.39 is 6.10 Å². The third-order valence-corrected chi connectivity index (χ3v) is 3.77. The van der Waals surface area contributed by atoms with Crippen LogP contribution >= 0.6 is 11.3 Å². The van der Waals surface area contributed by atoms with Crippen LogP contribution in [0.2, 0.25) is 0 Å². The molecule has 1 unspecified atom stereocenters. The third kappa shape index (κ3) is 2.87. The minimum atomic E-state index is -0.432. The highest BCUT2D eigenvalue weighted by Gasteiger charge is 2.12. The van der Waals surface area contributed by atoms with Gasteiger partial charge >= 0.3 is 0 Å². The lowest BCUT2D eigenvalue weighted by Crippen LogP contribution is -2.02. The van der Waals surface area contributed by atoms with Gasteiger partial charge in [0.15, 0.2) is 0 Å². The molecule has 4 nitrogen and oxygen atoms in total. The first-order valence-corrected chi connectivity index (χ1v) is 6.36. The van der Waals surface area contributed by atoms with Gasteiger partial charge in [-0.3, -0.25) is 4.68 Å². The molecule has 0 saturated heterocycles. The predicted octanol–water partition coefficient (Wildman–Crippen LogP) is 2.16. The second-order valence-electron chi connectivity index (χ2n) is 3.89. The maximum Gasteiger partial charge on any atom is 0.129 e. The molecule has 0 aromatic carbocycles. The molecule has 0 aliphatic carbocycles. The zero-order chi connectivity index (χ0) is 12.3. The van der Waals surface area contributed by atoms with E-state index in [0.717, 1.165) is 22.7 Å². The van der Waals surface area contributed by atoms with Crippen molar-refractivity contribution in [1.29, 1.82) is 0 Å². The van der Waals surface area contributed by atoms with E-state index >= 15 is 0 Å². The SMILES string of the molecule is COc1csc(C(O)CCc2ccnn2C)c1. The van der Waals surface area contributed by atoms with Crippen LogP contribution in [0, 0.1) is 0 Å². The summed E-state index contributed by atoms with van der Waals surface area (Å²) in [6, 6.07) is 3.86. The monoisotopic (exact) mass is 252 g/mol. The van der Waals surface area contributed by atoms with Crippen LogP contribution in [0.5, 0.6) is 5.75 Å². The van der Waals surface area contributed by atoms with E-state index in [-0.39, 0.29) is 0 Å². The maximum atomic E-state index is 10.0. The zero-order valence-electron chi connectivity index (χ0n) is 9.96. The number of rotatable bonds is 5. The van der Waals surface area contributed by atoms with Crippen molar-refractivity contribution in [3.05, 3.63) is 34.3 Å². The van der Waals surface area contributed by atoms with Crippen molar-refractivity contribution in [1.82, 2.24) is 9.78 Å². The highest BCUT2D eigenvalue weighted by atomic mass is 32.1. The number of aryl methyl sites for hydroxylation is 2.